The minimum Gasteiger partial charge on any atom is -0.294 e. The molecule has 5 nitrogen and oxygen atoms in total. The van der Waals surface area contributed by atoms with Crippen molar-refractivity contribution in [2.24, 2.45) is 5.92 Å². The molecule has 0 aromatic heterocycles. The Morgan fingerprint density at radius 3 is 2.65 bits per heavy atom. The molecule has 0 N–H and O–H groups in total. The number of ketones is 1. The zero-order valence-electron chi connectivity index (χ0n) is 11.8. The van der Waals surface area contributed by atoms with Crippen molar-refractivity contribution in [1.82, 2.24) is 4.31 Å². The van der Waals surface area contributed by atoms with Crippen LogP contribution in [0.5, 0.6) is 0 Å². The summed E-state index contributed by atoms with van der Waals surface area (Å²) in [5.41, 5.74) is 0.385. The summed E-state index contributed by atoms with van der Waals surface area (Å²) >= 11 is 0. The molecule has 1 atom stereocenters. The molecule has 0 aliphatic carbocycles. The Kier molecular flexibility index (Phi) is 5.43. The second-order valence-electron chi connectivity index (χ2n) is 4.62. The maximum absolute atomic E-state index is 12.4. The molecule has 108 valence electrons. The first-order valence-electron chi connectivity index (χ1n) is 6.32. The van der Waals surface area contributed by atoms with Crippen LogP contribution < -0.4 is 0 Å². The summed E-state index contributed by atoms with van der Waals surface area (Å²) in [5.74, 6) is -0.495. The minimum atomic E-state index is -3.68. The quantitative estimate of drug-likeness (QED) is 0.752. The maximum Gasteiger partial charge on any atom is 0.242 e. The maximum atomic E-state index is 12.4. The van der Waals surface area contributed by atoms with Crippen molar-refractivity contribution in [3.63, 3.8) is 0 Å². The molecule has 0 fully saturated rings. The molecular formula is C14H18N2O3S. The number of sulfonamides is 1. The molecular weight excluding hydrogens is 276 g/mol. The van der Waals surface area contributed by atoms with Crippen molar-refractivity contribution in [2.45, 2.75) is 25.2 Å². The van der Waals surface area contributed by atoms with Gasteiger partial charge in [-0.1, -0.05) is 19.1 Å². The average molecular weight is 294 g/mol. The van der Waals surface area contributed by atoms with Crippen LogP contribution in [0, 0.1) is 17.2 Å². The molecule has 0 aliphatic heterocycles. The fraction of sp³-hybridized carbons (Fsp3) is 0.429. The lowest BCUT2D eigenvalue weighted by atomic mass is 10.1. The van der Waals surface area contributed by atoms with Crippen LogP contribution in [0.2, 0.25) is 0 Å². The lowest BCUT2D eigenvalue weighted by molar-refractivity contribution is 0.0988. The molecule has 0 radical (unpaired) electrons. The van der Waals surface area contributed by atoms with Crippen molar-refractivity contribution < 1.29 is 13.2 Å². The number of hydrogen-bond acceptors (Lipinski definition) is 4. The van der Waals surface area contributed by atoms with Gasteiger partial charge in [-0.25, -0.2) is 8.42 Å². The first kappa shape index (κ1) is 16.3. The molecule has 0 heterocycles. The van der Waals surface area contributed by atoms with Crippen LogP contribution in [0.3, 0.4) is 0 Å². The molecule has 1 aromatic carbocycles. The Morgan fingerprint density at radius 2 is 2.10 bits per heavy atom. The molecule has 0 amide bonds. The van der Waals surface area contributed by atoms with E-state index in [1.54, 1.807) is 26.0 Å². The third-order valence-electron chi connectivity index (χ3n) is 2.94. The third kappa shape index (κ3) is 3.65. The minimum absolute atomic E-state index is 0.0736. The third-order valence-corrected chi connectivity index (χ3v) is 4.76. The number of Topliss-reactive ketones (excluding diaryl/α,β-unsaturated/α-hetero) is 1. The number of rotatable bonds is 6. The van der Waals surface area contributed by atoms with Gasteiger partial charge in [0.05, 0.1) is 16.9 Å². The van der Waals surface area contributed by atoms with Crippen molar-refractivity contribution in [1.29, 1.82) is 5.26 Å². The summed E-state index contributed by atoms with van der Waals surface area (Å²) in [4.78, 5) is 11.7. The van der Waals surface area contributed by atoms with Gasteiger partial charge in [0, 0.05) is 25.6 Å². The molecule has 1 rings (SSSR count). The molecule has 0 aliphatic rings. The van der Waals surface area contributed by atoms with E-state index in [2.05, 4.69) is 0 Å². The van der Waals surface area contributed by atoms with Gasteiger partial charge >= 0.3 is 0 Å². The number of carbonyl (C=O) groups excluding carboxylic acids is 1. The average Bonchev–Trinajstić information content (AvgIpc) is 2.46. The lowest BCUT2D eigenvalue weighted by Gasteiger charge is -2.18. The van der Waals surface area contributed by atoms with E-state index in [1.807, 2.05) is 6.07 Å². The number of nitriles is 1. The van der Waals surface area contributed by atoms with Gasteiger partial charge in [0.15, 0.2) is 5.78 Å². The molecule has 0 spiro atoms. The van der Waals surface area contributed by atoms with Crippen LogP contribution in [0.4, 0.5) is 0 Å². The molecule has 0 saturated heterocycles. The molecule has 0 saturated carbocycles. The standard InChI is InChI=1S/C14H18N2O3S/c1-4-14(17)12-6-5-7-13(8-12)20(18,19)16(3)10-11(2)9-15/h5-8,11H,4,10H2,1-3H3. The SMILES string of the molecule is CCC(=O)c1cccc(S(=O)(=O)N(C)CC(C)C#N)c1. The van der Waals surface area contributed by atoms with E-state index in [0.717, 1.165) is 4.31 Å². The topological polar surface area (TPSA) is 78.2 Å². The predicted octanol–water partition coefficient (Wildman–Crippen LogP) is 2.06. The fourth-order valence-corrected chi connectivity index (χ4v) is 3.04. The lowest BCUT2D eigenvalue weighted by Crippen LogP contribution is -2.30. The van der Waals surface area contributed by atoms with Gasteiger partial charge in [-0.3, -0.25) is 4.79 Å². The zero-order chi connectivity index (χ0) is 15.3. The highest BCUT2D eigenvalue weighted by molar-refractivity contribution is 7.89. The smallest absolute Gasteiger partial charge is 0.242 e. The molecule has 1 aromatic rings. The Hall–Kier alpha value is -1.71. The number of carbonyl (C=O) groups is 1. The van der Waals surface area contributed by atoms with E-state index in [-0.39, 0.29) is 17.2 Å². The molecule has 6 heteroatoms. The van der Waals surface area contributed by atoms with Gasteiger partial charge in [0.1, 0.15) is 0 Å². The second-order valence-corrected chi connectivity index (χ2v) is 6.67. The first-order valence-corrected chi connectivity index (χ1v) is 7.76. The molecule has 1 unspecified atom stereocenters. The van der Waals surface area contributed by atoms with Crippen molar-refractivity contribution in [2.75, 3.05) is 13.6 Å². The van der Waals surface area contributed by atoms with Crippen LogP contribution in [-0.2, 0) is 10.0 Å². The summed E-state index contributed by atoms with van der Waals surface area (Å²) < 4.78 is 25.8. The van der Waals surface area contributed by atoms with Gasteiger partial charge in [0.25, 0.3) is 0 Å². The van der Waals surface area contributed by atoms with Gasteiger partial charge in [-0.05, 0) is 19.1 Å². The Bertz CT molecular complexity index is 632. The molecule has 0 bridgehead atoms. The van der Waals surface area contributed by atoms with E-state index in [1.165, 1.54) is 19.2 Å². The fourth-order valence-electron chi connectivity index (χ4n) is 1.74. The van der Waals surface area contributed by atoms with Crippen LogP contribution in [-0.4, -0.2) is 32.1 Å². The highest BCUT2D eigenvalue weighted by atomic mass is 32.2. The first-order chi connectivity index (χ1) is 9.32. The van der Waals surface area contributed by atoms with Crippen molar-refractivity contribution >= 4 is 15.8 Å². The summed E-state index contributed by atoms with van der Waals surface area (Å²) in [6.45, 7) is 3.50. The highest BCUT2D eigenvalue weighted by Gasteiger charge is 2.23. The Balaban J connectivity index is 3.10. The van der Waals surface area contributed by atoms with E-state index < -0.39 is 15.9 Å². The zero-order valence-corrected chi connectivity index (χ0v) is 12.6. The van der Waals surface area contributed by atoms with Crippen LogP contribution in [0.25, 0.3) is 0 Å². The van der Waals surface area contributed by atoms with Gasteiger partial charge in [-0.2, -0.15) is 9.57 Å². The van der Waals surface area contributed by atoms with Gasteiger partial charge in [0.2, 0.25) is 10.0 Å². The van der Waals surface area contributed by atoms with Crippen LogP contribution >= 0.6 is 0 Å². The number of nitrogens with zero attached hydrogens (tertiary/aromatic N) is 2. The Labute approximate surface area is 119 Å². The summed E-state index contributed by atoms with van der Waals surface area (Å²) in [5, 5.41) is 8.75. The molecule has 20 heavy (non-hydrogen) atoms. The summed E-state index contributed by atoms with van der Waals surface area (Å²) in [6, 6.07) is 7.99. The summed E-state index contributed by atoms with van der Waals surface area (Å²) in [7, 11) is -2.25. The Morgan fingerprint density at radius 1 is 1.45 bits per heavy atom. The van der Waals surface area contributed by atoms with E-state index >= 15 is 0 Å². The van der Waals surface area contributed by atoms with E-state index in [0.29, 0.717) is 12.0 Å². The highest BCUT2D eigenvalue weighted by Crippen LogP contribution is 2.17. The van der Waals surface area contributed by atoms with Crippen LogP contribution in [0.15, 0.2) is 29.2 Å². The van der Waals surface area contributed by atoms with Crippen molar-refractivity contribution in [3.8, 4) is 6.07 Å². The van der Waals surface area contributed by atoms with Gasteiger partial charge in [-0.15, -0.1) is 0 Å². The van der Waals surface area contributed by atoms with Crippen LogP contribution in [0.1, 0.15) is 30.6 Å². The van der Waals surface area contributed by atoms with E-state index in [4.69, 9.17) is 5.26 Å². The van der Waals surface area contributed by atoms with Crippen molar-refractivity contribution in [3.05, 3.63) is 29.8 Å². The second kappa shape index (κ2) is 6.64. The van der Waals surface area contributed by atoms with Gasteiger partial charge < -0.3 is 0 Å². The number of benzene rings is 1. The summed E-state index contributed by atoms with van der Waals surface area (Å²) in [6.07, 6.45) is 0.324. The predicted molar refractivity (Wildman–Crippen MR) is 75.7 cm³/mol. The monoisotopic (exact) mass is 294 g/mol. The number of hydrogen-bond donors (Lipinski definition) is 0. The van der Waals surface area contributed by atoms with E-state index in [9.17, 15) is 13.2 Å². The normalized spacial score (nSPS) is 12.9. The largest absolute Gasteiger partial charge is 0.294 e.